The predicted molar refractivity (Wildman–Crippen MR) is 105 cm³/mol. The van der Waals surface area contributed by atoms with E-state index in [2.05, 4.69) is 36.9 Å². The maximum absolute atomic E-state index is 13.3. The van der Waals surface area contributed by atoms with Gasteiger partial charge in [0.05, 0.1) is 5.41 Å². The van der Waals surface area contributed by atoms with Crippen LogP contribution in [0.3, 0.4) is 0 Å². The van der Waals surface area contributed by atoms with Crippen molar-refractivity contribution in [1.82, 2.24) is 4.90 Å². The van der Waals surface area contributed by atoms with Gasteiger partial charge in [0.25, 0.3) is 0 Å². The predicted octanol–water partition coefficient (Wildman–Crippen LogP) is 2.28. The van der Waals surface area contributed by atoms with Gasteiger partial charge in [0.15, 0.2) is 0 Å². The van der Waals surface area contributed by atoms with Crippen LogP contribution in [0.5, 0.6) is 0 Å². The number of primary amides is 1. The molecule has 5 heteroatoms. The largest absolute Gasteiger partial charge is 0.368 e. The number of aryl methyl sites for hydroxylation is 2. The lowest BCUT2D eigenvalue weighted by molar-refractivity contribution is -0.125. The number of para-hydroxylation sites is 1. The van der Waals surface area contributed by atoms with Gasteiger partial charge in [0.1, 0.15) is 6.54 Å². The first kappa shape index (κ1) is 17.7. The number of anilines is 1. The molecule has 1 saturated heterocycles. The van der Waals surface area contributed by atoms with Gasteiger partial charge in [0, 0.05) is 18.8 Å². The molecule has 2 aliphatic rings. The van der Waals surface area contributed by atoms with Crippen molar-refractivity contribution in [1.29, 1.82) is 0 Å². The fourth-order valence-corrected chi connectivity index (χ4v) is 4.65. The van der Waals surface area contributed by atoms with Gasteiger partial charge in [-0.05, 0) is 55.1 Å². The van der Waals surface area contributed by atoms with E-state index in [0.29, 0.717) is 6.54 Å². The normalized spacial score (nSPS) is 21.9. The summed E-state index contributed by atoms with van der Waals surface area (Å²) in [7, 11) is 0. The van der Waals surface area contributed by atoms with Crippen LogP contribution in [0.4, 0.5) is 5.69 Å². The molecule has 2 aliphatic heterocycles. The van der Waals surface area contributed by atoms with Crippen LogP contribution in [0.1, 0.15) is 28.7 Å². The Bertz CT molecular complexity index is 903. The highest BCUT2D eigenvalue weighted by molar-refractivity contribution is 6.11. The Balaban J connectivity index is 1.65. The second-order valence-corrected chi connectivity index (χ2v) is 7.79. The Morgan fingerprint density at radius 3 is 2.52 bits per heavy atom. The highest BCUT2D eigenvalue weighted by Gasteiger charge is 2.54. The lowest BCUT2D eigenvalue weighted by Crippen LogP contribution is -2.45. The number of nitrogens with two attached hydrogens (primary N) is 1. The van der Waals surface area contributed by atoms with E-state index < -0.39 is 11.3 Å². The molecule has 1 fully saturated rings. The van der Waals surface area contributed by atoms with Crippen molar-refractivity contribution in [2.24, 2.45) is 5.73 Å². The van der Waals surface area contributed by atoms with Gasteiger partial charge in [-0.15, -0.1) is 0 Å². The first-order chi connectivity index (χ1) is 12.9. The Hall–Kier alpha value is -2.66. The molecule has 2 heterocycles. The third-order valence-corrected chi connectivity index (χ3v) is 6.05. The van der Waals surface area contributed by atoms with E-state index in [1.165, 1.54) is 16.7 Å². The quantitative estimate of drug-likeness (QED) is 0.906. The van der Waals surface area contributed by atoms with Crippen molar-refractivity contribution in [3.05, 3.63) is 64.7 Å². The van der Waals surface area contributed by atoms with Crippen LogP contribution in [-0.2, 0) is 21.5 Å². The van der Waals surface area contributed by atoms with Crippen molar-refractivity contribution in [2.75, 3.05) is 24.5 Å². The highest BCUT2D eigenvalue weighted by atomic mass is 16.2. The van der Waals surface area contributed by atoms with E-state index >= 15 is 0 Å². The minimum absolute atomic E-state index is 0.00602. The molecule has 140 valence electrons. The molecule has 1 atom stereocenters. The van der Waals surface area contributed by atoms with Crippen LogP contribution >= 0.6 is 0 Å². The Morgan fingerprint density at radius 2 is 1.81 bits per heavy atom. The summed E-state index contributed by atoms with van der Waals surface area (Å²) in [6.45, 7) is 6.59. The van der Waals surface area contributed by atoms with Crippen LogP contribution < -0.4 is 10.6 Å². The summed E-state index contributed by atoms with van der Waals surface area (Å²) in [4.78, 5) is 28.8. The fraction of sp³-hybridized carbons (Fsp3) is 0.364. The van der Waals surface area contributed by atoms with Gasteiger partial charge in [-0.25, -0.2) is 0 Å². The van der Waals surface area contributed by atoms with E-state index in [0.717, 1.165) is 30.8 Å². The molecule has 0 bridgehead atoms. The molecule has 2 amide bonds. The highest BCUT2D eigenvalue weighted by Crippen LogP contribution is 2.47. The zero-order valence-electron chi connectivity index (χ0n) is 15.9. The molecule has 0 unspecified atom stereocenters. The van der Waals surface area contributed by atoms with E-state index in [4.69, 9.17) is 5.73 Å². The molecule has 2 N–H and O–H groups in total. The maximum Gasteiger partial charge on any atom is 0.239 e. The van der Waals surface area contributed by atoms with E-state index in [-0.39, 0.29) is 12.5 Å². The SMILES string of the molecule is Cc1cccc(C)c1CN1CC[C@]2(C1)C(=O)N(CC(N)=O)c1ccccc12. The molecular weight excluding hydrogens is 338 g/mol. The number of benzene rings is 2. The monoisotopic (exact) mass is 363 g/mol. The minimum atomic E-state index is -0.567. The summed E-state index contributed by atoms with van der Waals surface area (Å²) in [6, 6.07) is 14.2. The summed E-state index contributed by atoms with van der Waals surface area (Å²) < 4.78 is 0. The molecular formula is C22H25N3O2. The number of carbonyl (C=O) groups excluding carboxylic acids is 2. The number of carbonyl (C=O) groups is 2. The number of nitrogens with zero attached hydrogens (tertiary/aromatic N) is 2. The molecule has 0 aliphatic carbocycles. The number of rotatable bonds is 4. The summed E-state index contributed by atoms with van der Waals surface area (Å²) in [5.74, 6) is -0.480. The molecule has 5 nitrogen and oxygen atoms in total. The lowest BCUT2D eigenvalue weighted by atomic mass is 9.81. The second kappa shape index (κ2) is 6.50. The molecule has 27 heavy (non-hydrogen) atoms. The van der Waals surface area contributed by atoms with Crippen molar-refractivity contribution in [3.8, 4) is 0 Å². The fourth-order valence-electron chi connectivity index (χ4n) is 4.65. The van der Waals surface area contributed by atoms with E-state index in [1.807, 2.05) is 24.3 Å². The van der Waals surface area contributed by atoms with Crippen molar-refractivity contribution in [2.45, 2.75) is 32.2 Å². The first-order valence-electron chi connectivity index (χ1n) is 9.39. The van der Waals surface area contributed by atoms with Crippen LogP contribution in [-0.4, -0.2) is 36.3 Å². The van der Waals surface area contributed by atoms with Crippen molar-refractivity contribution < 1.29 is 9.59 Å². The van der Waals surface area contributed by atoms with Crippen molar-refractivity contribution in [3.63, 3.8) is 0 Å². The Labute approximate surface area is 159 Å². The molecule has 2 aromatic carbocycles. The topological polar surface area (TPSA) is 66.6 Å². The third kappa shape index (κ3) is 2.82. The zero-order chi connectivity index (χ0) is 19.2. The van der Waals surface area contributed by atoms with E-state index in [1.54, 1.807) is 4.90 Å². The molecule has 1 spiro atoms. The average molecular weight is 363 g/mol. The molecule has 0 radical (unpaired) electrons. The number of amides is 2. The molecule has 2 aromatic rings. The second-order valence-electron chi connectivity index (χ2n) is 7.79. The van der Waals surface area contributed by atoms with Crippen LogP contribution in [0.15, 0.2) is 42.5 Å². The number of hydrogen-bond donors (Lipinski definition) is 1. The van der Waals surface area contributed by atoms with Gasteiger partial charge in [0.2, 0.25) is 11.8 Å². The van der Waals surface area contributed by atoms with E-state index in [9.17, 15) is 9.59 Å². The Kier molecular flexibility index (Phi) is 4.27. The summed E-state index contributed by atoms with van der Waals surface area (Å²) in [5.41, 5.74) is 10.6. The lowest BCUT2D eigenvalue weighted by Gasteiger charge is -2.25. The van der Waals surface area contributed by atoms with Crippen LogP contribution in [0.25, 0.3) is 0 Å². The molecule has 0 aromatic heterocycles. The first-order valence-corrected chi connectivity index (χ1v) is 9.39. The maximum atomic E-state index is 13.3. The Morgan fingerprint density at radius 1 is 1.11 bits per heavy atom. The van der Waals surface area contributed by atoms with Crippen LogP contribution in [0.2, 0.25) is 0 Å². The summed E-state index contributed by atoms with van der Waals surface area (Å²) in [6.07, 6.45) is 0.767. The van der Waals surface area contributed by atoms with Gasteiger partial charge in [-0.2, -0.15) is 0 Å². The van der Waals surface area contributed by atoms with Crippen molar-refractivity contribution >= 4 is 17.5 Å². The smallest absolute Gasteiger partial charge is 0.239 e. The number of hydrogen-bond acceptors (Lipinski definition) is 3. The van der Waals surface area contributed by atoms with Gasteiger partial charge in [-0.1, -0.05) is 36.4 Å². The zero-order valence-corrected chi connectivity index (χ0v) is 15.9. The number of likely N-dealkylation sites (tertiary alicyclic amines) is 1. The summed E-state index contributed by atoms with van der Waals surface area (Å²) in [5, 5.41) is 0. The van der Waals surface area contributed by atoms with Gasteiger partial charge in [-0.3, -0.25) is 14.5 Å². The van der Waals surface area contributed by atoms with Gasteiger partial charge >= 0.3 is 0 Å². The minimum Gasteiger partial charge on any atom is -0.368 e. The molecule has 0 saturated carbocycles. The van der Waals surface area contributed by atoms with Crippen LogP contribution in [0, 0.1) is 13.8 Å². The number of fused-ring (bicyclic) bond motifs is 2. The third-order valence-electron chi connectivity index (χ3n) is 6.05. The average Bonchev–Trinajstić information content (AvgIpc) is 3.15. The standard InChI is InChI=1S/C22H25N3O2/c1-15-6-5-7-16(2)17(15)12-24-11-10-22(14-24)18-8-3-4-9-19(18)25(21(22)27)13-20(23)26/h3-9H,10-14H2,1-2H3,(H2,23,26)/t22-/m1/s1. The summed E-state index contributed by atoms with van der Waals surface area (Å²) >= 11 is 0. The molecule has 4 rings (SSSR count). The van der Waals surface area contributed by atoms with Gasteiger partial charge < -0.3 is 10.6 Å².